The Bertz CT molecular complexity index is 1020. The third kappa shape index (κ3) is 8.92. The number of ketones is 2. The minimum absolute atomic E-state index is 0.0486. The number of Topliss-reactive ketones (excluding diaryl/α,β-unsaturated/α-hetero) is 2. The van der Waals surface area contributed by atoms with Gasteiger partial charge in [-0.15, -0.1) is 4.37 Å². The summed E-state index contributed by atoms with van der Waals surface area (Å²) < 4.78 is 33.2. The van der Waals surface area contributed by atoms with Gasteiger partial charge in [-0.1, -0.05) is 20.8 Å². The summed E-state index contributed by atoms with van der Waals surface area (Å²) in [5.74, 6) is 0.535. The fourth-order valence-corrected chi connectivity index (χ4v) is 5.50. The van der Waals surface area contributed by atoms with Crippen molar-refractivity contribution in [1.29, 1.82) is 0 Å². The van der Waals surface area contributed by atoms with Gasteiger partial charge in [-0.3, -0.25) is 14.4 Å². The second kappa shape index (κ2) is 14.8. The molecule has 0 bridgehead atoms. The first-order valence-electron chi connectivity index (χ1n) is 14.6. The lowest BCUT2D eigenvalue weighted by atomic mass is 9.88. The van der Waals surface area contributed by atoms with Crippen molar-refractivity contribution in [3.8, 4) is 5.88 Å². The minimum Gasteiger partial charge on any atom is -0.472 e. The molecular weight excluding hydrogens is 548 g/mol. The van der Waals surface area contributed by atoms with Crippen molar-refractivity contribution in [2.75, 3.05) is 44.4 Å². The van der Waals surface area contributed by atoms with Gasteiger partial charge in [0.1, 0.15) is 30.0 Å². The number of hydrogen-bond donors (Lipinski definition) is 0. The van der Waals surface area contributed by atoms with Gasteiger partial charge in [0.15, 0.2) is 11.6 Å². The van der Waals surface area contributed by atoms with Crippen molar-refractivity contribution in [3.63, 3.8) is 0 Å². The van der Waals surface area contributed by atoms with E-state index in [4.69, 9.17) is 18.9 Å². The van der Waals surface area contributed by atoms with E-state index >= 15 is 0 Å². The maximum Gasteiger partial charge on any atom is 0.270 e. The Morgan fingerprint density at radius 3 is 2.10 bits per heavy atom. The quantitative estimate of drug-likeness (QED) is 0.275. The van der Waals surface area contributed by atoms with E-state index in [1.807, 2.05) is 41.5 Å². The average Bonchev–Trinajstić information content (AvgIpc) is 3.40. The molecule has 1 aliphatic rings. The molecular formula is C29H50N4O7S. The maximum atomic E-state index is 14.0. The van der Waals surface area contributed by atoms with E-state index < -0.39 is 28.9 Å². The third-order valence-electron chi connectivity index (χ3n) is 7.94. The minimum atomic E-state index is -1.22. The molecule has 234 valence electrons. The zero-order valence-electron chi connectivity index (χ0n) is 26.6. The average molecular weight is 599 g/mol. The van der Waals surface area contributed by atoms with Gasteiger partial charge in [0, 0.05) is 25.6 Å². The monoisotopic (exact) mass is 598 g/mol. The number of anilines is 1. The molecule has 0 aromatic carbocycles. The molecule has 1 aliphatic heterocycles. The molecule has 0 N–H and O–H groups in total. The number of nitrogens with zero attached hydrogens (tertiary/aromatic N) is 4. The van der Waals surface area contributed by atoms with Gasteiger partial charge in [-0.2, -0.15) is 4.37 Å². The Kier molecular flexibility index (Phi) is 12.7. The zero-order valence-corrected chi connectivity index (χ0v) is 27.4. The van der Waals surface area contributed by atoms with Crippen LogP contribution in [0.2, 0.25) is 0 Å². The largest absolute Gasteiger partial charge is 0.472 e. The lowest BCUT2D eigenvalue weighted by molar-refractivity contribution is -0.181. The van der Waals surface area contributed by atoms with Crippen molar-refractivity contribution in [2.24, 2.45) is 0 Å². The highest BCUT2D eigenvalue weighted by Crippen LogP contribution is 2.31. The predicted molar refractivity (Wildman–Crippen MR) is 159 cm³/mol. The predicted octanol–water partition coefficient (Wildman–Crippen LogP) is 4.08. The number of carbonyl (C=O) groups excluding carboxylic acids is 3. The highest BCUT2D eigenvalue weighted by atomic mass is 32.1. The third-order valence-corrected chi connectivity index (χ3v) is 8.45. The lowest BCUT2D eigenvalue weighted by Gasteiger charge is -2.41. The van der Waals surface area contributed by atoms with E-state index in [9.17, 15) is 14.4 Å². The smallest absolute Gasteiger partial charge is 0.270 e. The van der Waals surface area contributed by atoms with Gasteiger partial charge in [-0.05, 0) is 60.8 Å². The number of aromatic nitrogens is 2. The van der Waals surface area contributed by atoms with Crippen molar-refractivity contribution < 1.29 is 33.3 Å². The molecule has 1 unspecified atom stereocenters. The van der Waals surface area contributed by atoms with Crippen LogP contribution in [0.5, 0.6) is 5.88 Å². The van der Waals surface area contributed by atoms with E-state index in [2.05, 4.69) is 13.6 Å². The second-order valence-electron chi connectivity index (χ2n) is 11.8. The molecule has 12 heteroatoms. The van der Waals surface area contributed by atoms with Gasteiger partial charge in [-0.25, -0.2) is 0 Å². The first kappa shape index (κ1) is 35.0. The molecule has 1 aromatic rings. The molecule has 2 rings (SSSR count). The van der Waals surface area contributed by atoms with Crippen LogP contribution < -0.4 is 9.64 Å². The van der Waals surface area contributed by atoms with Gasteiger partial charge < -0.3 is 28.7 Å². The molecule has 0 aliphatic carbocycles. The number of carbonyl (C=O) groups is 3. The van der Waals surface area contributed by atoms with Gasteiger partial charge in [0.05, 0.1) is 31.5 Å². The first-order chi connectivity index (χ1) is 19.1. The second-order valence-corrected chi connectivity index (χ2v) is 12.3. The highest BCUT2D eigenvalue weighted by Gasteiger charge is 2.44. The number of morpholine rings is 1. The van der Waals surface area contributed by atoms with Crippen molar-refractivity contribution in [2.45, 2.75) is 117 Å². The summed E-state index contributed by atoms with van der Waals surface area (Å²) >= 11 is 1.06. The van der Waals surface area contributed by atoms with Crippen LogP contribution in [0.25, 0.3) is 0 Å². The number of rotatable bonds is 16. The Hall–Kier alpha value is -2.15. The summed E-state index contributed by atoms with van der Waals surface area (Å²) in [6.45, 7) is 20.7. The SMILES string of the molecule is CCC(C)(O[C@H](C)C(=O)C(CC)(CC)O[C@H](COc1nsnc1N1CCOCC1)CN(C(C)=O)C(C)(C)C)C(C)=O. The van der Waals surface area contributed by atoms with Crippen molar-refractivity contribution in [3.05, 3.63) is 0 Å². The highest BCUT2D eigenvalue weighted by molar-refractivity contribution is 6.99. The van der Waals surface area contributed by atoms with Crippen LogP contribution in [0.3, 0.4) is 0 Å². The van der Waals surface area contributed by atoms with E-state index in [1.54, 1.807) is 18.7 Å². The van der Waals surface area contributed by atoms with Crippen LogP contribution in [-0.2, 0) is 28.6 Å². The van der Waals surface area contributed by atoms with Crippen molar-refractivity contribution in [1.82, 2.24) is 13.6 Å². The number of amides is 1. The van der Waals surface area contributed by atoms with Crippen LogP contribution in [0.15, 0.2) is 0 Å². The summed E-state index contributed by atoms with van der Waals surface area (Å²) in [6.07, 6.45) is -0.356. The van der Waals surface area contributed by atoms with Crippen LogP contribution in [0, 0.1) is 0 Å². The molecule has 3 atom stereocenters. The van der Waals surface area contributed by atoms with Gasteiger partial charge >= 0.3 is 0 Å². The Morgan fingerprint density at radius 2 is 1.61 bits per heavy atom. The lowest BCUT2D eigenvalue weighted by Crippen LogP contribution is -2.55. The van der Waals surface area contributed by atoms with E-state index in [-0.39, 0.29) is 30.6 Å². The molecule has 1 saturated heterocycles. The summed E-state index contributed by atoms with van der Waals surface area (Å²) in [6, 6.07) is 0. The molecule has 11 nitrogen and oxygen atoms in total. The van der Waals surface area contributed by atoms with E-state index in [0.29, 0.717) is 57.3 Å². The van der Waals surface area contributed by atoms with E-state index in [1.165, 1.54) is 13.8 Å². The Morgan fingerprint density at radius 1 is 1.00 bits per heavy atom. The molecule has 2 heterocycles. The van der Waals surface area contributed by atoms with E-state index in [0.717, 1.165) is 11.7 Å². The van der Waals surface area contributed by atoms with Crippen molar-refractivity contribution >= 4 is 35.0 Å². The molecule has 0 radical (unpaired) electrons. The Labute approximate surface area is 249 Å². The van der Waals surface area contributed by atoms with Gasteiger partial charge in [0.2, 0.25) is 11.7 Å². The summed E-state index contributed by atoms with van der Waals surface area (Å²) in [4.78, 5) is 42.7. The van der Waals surface area contributed by atoms with Gasteiger partial charge in [0.25, 0.3) is 5.88 Å². The summed E-state index contributed by atoms with van der Waals surface area (Å²) in [5.41, 5.74) is -2.77. The number of hydrogen-bond acceptors (Lipinski definition) is 11. The fourth-order valence-electron chi connectivity index (χ4n) is 4.98. The normalized spacial score (nSPS) is 17.5. The van der Waals surface area contributed by atoms with Crippen LogP contribution in [-0.4, -0.2) is 99.5 Å². The van der Waals surface area contributed by atoms with Crippen LogP contribution in [0.4, 0.5) is 5.82 Å². The molecule has 1 amide bonds. The summed E-state index contributed by atoms with van der Waals surface area (Å²) in [5, 5.41) is 0. The standard InChI is InChI=1S/C29H50N4O7S/c1-11-28(10,21(5)34)39-20(4)24(36)29(12-2,13-3)40-23(18-33(22(6)35)27(7,8)9)19-38-26-25(30-41-31-26)32-14-16-37-17-15-32/h20,23H,11-19H2,1-10H3/t20-,23+,28?/m1/s1. The molecule has 1 aromatic heterocycles. The maximum absolute atomic E-state index is 14.0. The molecule has 1 fully saturated rings. The zero-order chi connectivity index (χ0) is 31.0. The number of ether oxygens (including phenoxy) is 4. The topological polar surface area (TPSA) is 120 Å². The molecule has 41 heavy (non-hydrogen) atoms. The van der Waals surface area contributed by atoms with Crippen LogP contribution >= 0.6 is 11.7 Å². The molecule has 0 saturated carbocycles. The molecule has 0 spiro atoms. The first-order valence-corrected chi connectivity index (χ1v) is 15.3. The summed E-state index contributed by atoms with van der Waals surface area (Å²) in [7, 11) is 0. The fraction of sp³-hybridized carbons (Fsp3) is 0.828. The van der Waals surface area contributed by atoms with Crippen LogP contribution in [0.1, 0.15) is 88.5 Å². The Balaban J connectivity index is 2.37.